The zero-order valence-corrected chi connectivity index (χ0v) is 9.00. The van der Waals surface area contributed by atoms with Crippen molar-refractivity contribution in [2.75, 3.05) is 7.11 Å². The fraction of sp³-hybridized carbons (Fsp3) is 0.222. The summed E-state index contributed by atoms with van der Waals surface area (Å²) in [6.45, 7) is 0. The zero-order valence-electron chi connectivity index (χ0n) is 7.41. The molecule has 2 rings (SSSR count). The highest BCUT2D eigenvalue weighted by Crippen LogP contribution is 2.26. The van der Waals surface area contributed by atoms with Gasteiger partial charge in [-0.15, -0.1) is 0 Å². The van der Waals surface area contributed by atoms with E-state index in [0.717, 1.165) is 21.3 Å². The first-order valence-corrected chi connectivity index (χ1v) is 4.68. The number of aryl methyl sites for hydroxylation is 1. The normalized spacial score (nSPS) is 10.7. The Labute approximate surface area is 84.4 Å². The van der Waals surface area contributed by atoms with Gasteiger partial charge in [0, 0.05) is 11.5 Å². The highest BCUT2D eigenvalue weighted by atomic mass is 79.9. The number of methoxy groups -OCH3 is 1. The lowest BCUT2D eigenvalue weighted by atomic mass is 10.2. The molecule has 0 aliphatic carbocycles. The van der Waals surface area contributed by atoms with E-state index in [9.17, 15) is 0 Å². The summed E-state index contributed by atoms with van der Waals surface area (Å²) in [5, 5.41) is 5.34. The molecular weight excluding hydrogens is 232 g/mol. The Morgan fingerprint density at radius 2 is 2.23 bits per heavy atom. The Balaban J connectivity index is 2.79. The molecule has 0 aliphatic rings. The topological polar surface area (TPSA) is 27.1 Å². The van der Waals surface area contributed by atoms with E-state index in [1.165, 1.54) is 0 Å². The van der Waals surface area contributed by atoms with Gasteiger partial charge in [0.1, 0.15) is 0 Å². The summed E-state index contributed by atoms with van der Waals surface area (Å²) in [6.07, 6.45) is 0. The van der Waals surface area contributed by atoms with Crippen molar-refractivity contribution in [3.63, 3.8) is 0 Å². The number of ether oxygens (including phenoxy) is 1. The average Bonchev–Trinajstić information content (AvgIpc) is 2.39. The van der Waals surface area contributed by atoms with Gasteiger partial charge in [0.25, 0.3) is 0 Å². The van der Waals surface area contributed by atoms with Gasteiger partial charge in [-0.05, 0) is 18.2 Å². The summed E-state index contributed by atoms with van der Waals surface area (Å²) < 4.78 is 7.98. The Morgan fingerprint density at radius 3 is 2.92 bits per heavy atom. The summed E-state index contributed by atoms with van der Waals surface area (Å²) in [6, 6.07) is 5.94. The monoisotopic (exact) mass is 240 g/mol. The average molecular weight is 241 g/mol. The van der Waals surface area contributed by atoms with Crippen molar-refractivity contribution >= 4 is 26.8 Å². The molecule has 68 valence electrons. The highest BCUT2D eigenvalue weighted by Gasteiger charge is 2.08. The third-order valence-corrected chi connectivity index (χ3v) is 2.43. The van der Waals surface area contributed by atoms with Gasteiger partial charge in [-0.2, -0.15) is 5.10 Å². The van der Waals surface area contributed by atoms with Crippen LogP contribution in [0.3, 0.4) is 0 Å². The number of halogens is 1. The number of aromatic nitrogens is 2. The van der Waals surface area contributed by atoms with Crippen molar-refractivity contribution in [1.29, 1.82) is 0 Å². The molecule has 4 heteroatoms. The van der Waals surface area contributed by atoms with E-state index in [1.54, 1.807) is 11.8 Å². The van der Waals surface area contributed by atoms with Gasteiger partial charge in [0.2, 0.25) is 5.88 Å². The molecule has 0 saturated heterocycles. The van der Waals surface area contributed by atoms with Crippen LogP contribution in [0, 0.1) is 0 Å². The van der Waals surface area contributed by atoms with Crippen LogP contribution in [-0.4, -0.2) is 16.9 Å². The largest absolute Gasteiger partial charge is 0.481 e. The van der Waals surface area contributed by atoms with Crippen molar-refractivity contribution in [2.45, 2.75) is 0 Å². The molecule has 0 radical (unpaired) electrons. The Bertz CT molecular complexity index is 450. The first-order chi connectivity index (χ1) is 6.22. The second-order valence-corrected chi connectivity index (χ2v) is 3.71. The summed E-state index contributed by atoms with van der Waals surface area (Å²) in [7, 11) is 3.52. The lowest BCUT2D eigenvalue weighted by Crippen LogP contribution is -1.94. The lowest BCUT2D eigenvalue weighted by molar-refractivity contribution is 0.377. The predicted octanol–water partition coefficient (Wildman–Crippen LogP) is 2.34. The Hall–Kier alpha value is -1.03. The van der Waals surface area contributed by atoms with Crippen LogP contribution in [0.4, 0.5) is 0 Å². The third kappa shape index (κ3) is 1.31. The van der Waals surface area contributed by atoms with Gasteiger partial charge in [-0.3, -0.25) is 0 Å². The van der Waals surface area contributed by atoms with E-state index in [-0.39, 0.29) is 0 Å². The second-order valence-electron chi connectivity index (χ2n) is 2.79. The minimum absolute atomic E-state index is 0.794. The number of hydrogen-bond acceptors (Lipinski definition) is 2. The van der Waals surface area contributed by atoms with Crippen LogP contribution in [0.2, 0.25) is 0 Å². The molecule has 0 aliphatic heterocycles. The van der Waals surface area contributed by atoms with Gasteiger partial charge in [-0.1, -0.05) is 15.9 Å². The van der Waals surface area contributed by atoms with Crippen LogP contribution in [-0.2, 0) is 7.05 Å². The van der Waals surface area contributed by atoms with Crippen molar-refractivity contribution in [3.05, 3.63) is 22.7 Å². The van der Waals surface area contributed by atoms with Crippen LogP contribution in [0.5, 0.6) is 5.88 Å². The van der Waals surface area contributed by atoms with E-state index < -0.39 is 0 Å². The van der Waals surface area contributed by atoms with Gasteiger partial charge in [0.15, 0.2) is 0 Å². The Morgan fingerprint density at radius 1 is 1.46 bits per heavy atom. The molecule has 1 heterocycles. The SMILES string of the molecule is COc1c2ccc(Br)cc2nn1C. The Kier molecular flexibility index (Phi) is 2.00. The number of benzene rings is 1. The molecule has 1 aromatic heterocycles. The molecule has 0 saturated carbocycles. The van der Waals surface area contributed by atoms with E-state index in [0.29, 0.717) is 0 Å². The van der Waals surface area contributed by atoms with Crippen LogP contribution in [0.1, 0.15) is 0 Å². The summed E-state index contributed by atoms with van der Waals surface area (Å²) in [5.41, 5.74) is 0.939. The van der Waals surface area contributed by atoms with Crippen molar-refractivity contribution in [3.8, 4) is 5.88 Å². The van der Waals surface area contributed by atoms with Gasteiger partial charge in [-0.25, -0.2) is 4.68 Å². The summed E-state index contributed by atoms with van der Waals surface area (Å²) in [5.74, 6) is 0.794. The maximum absolute atomic E-state index is 5.22. The molecule has 0 amide bonds. The maximum Gasteiger partial charge on any atom is 0.219 e. The van der Waals surface area contributed by atoms with Crippen LogP contribution < -0.4 is 4.74 Å². The summed E-state index contributed by atoms with van der Waals surface area (Å²) >= 11 is 3.40. The highest BCUT2D eigenvalue weighted by molar-refractivity contribution is 9.10. The molecule has 2 aromatic rings. The fourth-order valence-corrected chi connectivity index (χ4v) is 1.74. The molecule has 0 fully saturated rings. The smallest absolute Gasteiger partial charge is 0.219 e. The minimum Gasteiger partial charge on any atom is -0.481 e. The second kappa shape index (κ2) is 3.03. The van der Waals surface area contributed by atoms with Crippen molar-refractivity contribution in [2.24, 2.45) is 7.05 Å². The number of hydrogen-bond donors (Lipinski definition) is 0. The molecule has 0 unspecified atom stereocenters. The quantitative estimate of drug-likeness (QED) is 0.766. The maximum atomic E-state index is 5.22. The van der Waals surface area contributed by atoms with Crippen molar-refractivity contribution < 1.29 is 4.74 Å². The van der Waals surface area contributed by atoms with Gasteiger partial charge in [0.05, 0.1) is 18.0 Å². The van der Waals surface area contributed by atoms with Crippen LogP contribution in [0.15, 0.2) is 22.7 Å². The van der Waals surface area contributed by atoms with E-state index in [2.05, 4.69) is 21.0 Å². The van der Waals surface area contributed by atoms with Crippen LogP contribution in [0.25, 0.3) is 10.9 Å². The van der Waals surface area contributed by atoms with E-state index >= 15 is 0 Å². The molecular formula is C9H9BrN2O. The van der Waals surface area contributed by atoms with Crippen molar-refractivity contribution in [1.82, 2.24) is 9.78 Å². The predicted molar refractivity (Wildman–Crippen MR) is 55.0 cm³/mol. The molecule has 1 aromatic carbocycles. The summed E-state index contributed by atoms with van der Waals surface area (Å²) in [4.78, 5) is 0. The first-order valence-electron chi connectivity index (χ1n) is 3.88. The molecule has 0 atom stereocenters. The number of rotatable bonds is 1. The minimum atomic E-state index is 0.794. The standard InChI is InChI=1S/C9H9BrN2O/c1-12-9(13-2)7-4-3-6(10)5-8(7)11-12/h3-5H,1-2H3. The van der Waals surface area contributed by atoms with Crippen LogP contribution >= 0.6 is 15.9 Å². The third-order valence-electron chi connectivity index (χ3n) is 1.94. The molecule has 13 heavy (non-hydrogen) atoms. The fourth-order valence-electron chi connectivity index (χ4n) is 1.39. The number of fused-ring (bicyclic) bond motifs is 1. The zero-order chi connectivity index (χ0) is 9.42. The van der Waals surface area contributed by atoms with Gasteiger partial charge < -0.3 is 4.74 Å². The number of nitrogens with zero attached hydrogens (tertiary/aromatic N) is 2. The van der Waals surface area contributed by atoms with Gasteiger partial charge >= 0.3 is 0 Å². The molecule has 0 N–H and O–H groups in total. The van der Waals surface area contributed by atoms with E-state index in [1.807, 2.05) is 25.2 Å². The first kappa shape index (κ1) is 8.56. The molecule has 0 spiro atoms. The lowest BCUT2D eigenvalue weighted by Gasteiger charge is -1.98. The molecule has 3 nitrogen and oxygen atoms in total. The van der Waals surface area contributed by atoms with E-state index in [4.69, 9.17) is 4.74 Å². The molecule has 0 bridgehead atoms.